The zero-order valence-corrected chi connectivity index (χ0v) is 12.4. The fourth-order valence-electron chi connectivity index (χ4n) is 2.15. The van der Waals surface area contributed by atoms with E-state index in [4.69, 9.17) is 0 Å². The van der Waals surface area contributed by atoms with Crippen molar-refractivity contribution in [1.82, 2.24) is 5.32 Å². The number of carbonyl (C=O) groups is 1. The van der Waals surface area contributed by atoms with Crippen molar-refractivity contribution in [2.45, 2.75) is 26.0 Å². The molecule has 0 radical (unpaired) electrons. The highest BCUT2D eigenvalue weighted by atomic mass is 19.1. The summed E-state index contributed by atoms with van der Waals surface area (Å²) >= 11 is 0. The minimum Gasteiger partial charge on any atom is -0.507 e. The van der Waals surface area contributed by atoms with E-state index >= 15 is 0 Å². The molecule has 0 aliphatic carbocycles. The van der Waals surface area contributed by atoms with E-state index in [1.165, 1.54) is 36.4 Å². The van der Waals surface area contributed by atoms with Gasteiger partial charge in [-0.3, -0.25) is 4.79 Å². The Labute approximate surface area is 128 Å². The molecule has 3 N–H and O–H groups in total. The average molecular weight is 303 g/mol. The first-order chi connectivity index (χ1) is 10.4. The standard InChI is InChI=1S/C17H18FNO3/c1-10-3-8-14(15(20)9-10)17(22)19-11(2)16(21)12-4-6-13(18)7-5-12/h3-9,11,16,20-21H,1-2H3,(H,19,22). The van der Waals surface area contributed by atoms with Crippen molar-refractivity contribution in [1.29, 1.82) is 0 Å². The zero-order valence-electron chi connectivity index (χ0n) is 12.4. The predicted octanol–water partition coefficient (Wildman–Crippen LogP) is 2.69. The minimum absolute atomic E-state index is 0.110. The van der Waals surface area contributed by atoms with Crippen LogP contribution < -0.4 is 5.32 Å². The molecule has 0 aliphatic rings. The fraction of sp³-hybridized carbons (Fsp3) is 0.235. The number of hydrogen-bond acceptors (Lipinski definition) is 3. The Balaban J connectivity index is 2.08. The number of hydrogen-bond donors (Lipinski definition) is 3. The first-order valence-electron chi connectivity index (χ1n) is 6.92. The summed E-state index contributed by atoms with van der Waals surface area (Å²) < 4.78 is 12.9. The summed E-state index contributed by atoms with van der Waals surface area (Å²) in [6, 6.07) is 9.57. The van der Waals surface area contributed by atoms with Crippen LogP contribution in [0.5, 0.6) is 5.75 Å². The number of carbonyl (C=O) groups excluding carboxylic acids is 1. The Kier molecular flexibility index (Phi) is 4.78. The van der Waals surface area contributed by atoms with Crippen molar-refractivity contribution >= 4 is 5.91 Å². The van der Waals surface area contributed by atoms with Crippen molar-refractivity contribution < 1.29 is 19.4 Å². The van der Waals surface area contributed by atoms with Gasteiger partial charge in [-0.05, 0) is 49.2 Å². The second kappa shape index (κ2) is 6.58. The van der Waals surface area contributed by atoms with E-state index in [2.05, 4.69) is 5.32 Å². The van der Waals surface area contributed by atoms with Crippen LogP contribution >= 0.6 is 0 Å². The average Bonchev–Trinajstić information content (AvgIpc) is 2.47. The van der Waals surface area contributed by atoms with Crippen LogP contribution in [-0.4, -0.2) is 22.2 Å². The van der Waals surface area contributed by atoms with Crippen molar-refractivity contribution in [3.05, 3.63) is 65.0 Å². The maximum Gasteiger partial charge on any atom is 0.255 e. The first-order valence-corrected chi connectivity index (χ1v) is 6.92. The highest BCUT2D eigenvalue weighted by molar-refractivity contribution is 5.97. The molecule has 116 valence electrons. The van der Waals surface area contributed by atoms with E-state index in [1.807, 2.05) is 6.92 Å². The van der Waals surface area contributed by atoms with Gasteiger partial charge in [0.1, 0.15) is 11.6 Å². The Morgan fingerprint density at radius 2 is 1.82 bits per heavy atom. The summed E-state index contributed by atoms with van der Waals surface area (Å²) in [6.45, 7) is 3.44. The van der Waals surface area contributed by atoms with E-state index in [9.17, 15) is 19.4 Å². The van der Waals surface area contributed by atoms with Gasteiger partial charge in [0.25, 0.3) is 5.91 Å². The van der Waals surface area contributed by atoms with E-state index in [-0.39, 0.29) is 11.3 Å². The van der Waals surface area contributed by atoms with Crippen LogP contribution in [0.2, 0.25) is 0 Å². The van der Waals surface area contributed by atoms with Crippen LogP contribution in [-0.2, 0) is 0 Å². The van der Waals surface area contributed by atoms with Crippen molar-refractivity contribution in [3.8, 4) is 5.75 Å². The highest BCUT2D eigenvalue weighted by Gasteiger charge is 2.20. The van der Waals surface area contributed by atoms with Gasteiger partial charge in [0, 0.05) is 0 Å². The number of amides is 1. The van der Waals surface area contributed by atoms with Crippen molar-refractivity contribution in [2.75, 3.05) is 0 Å². The van der Waals surface area contributed by atoms with Gasteiger partial charge in [-0.25, -0.2) is 4.39 Å². The second-order valence-electron chi connectivity index (χ2n) is 5.28. The number of phenols is 1. The van der Waals surface area contributed by atoms with Gasteiger partial charge < -0.3 is 15.5 Å². The third kappa shape index (κ3) is 3.62. The smallest absolute Gasteiger partial charge is 0.255 e. The highest BCUT2D eigenvalue weighted by Crippen LogP contribution is 2.21. The number of nitrogens with one attached hydrogen (secondary N) is 1. The fourth-order valence-corrected chi connectivity index (χ4v) is 2.15. The number of rotatable bonds is 4. The number of benzene rings is 2. The van der Waals surface area contributed by atoms with Gasteiger partial charge in [-0.1, -0.05) is 18.2 Å². The predicted molar refractivity (Wildman–Crippen MR) is 81.1 cm³/mol. The number of halogens is 1. The Morgan fingerprint density at radius 3 is 2.41 bits per heavy atom. The van der Waals surface area contributed by atoms with Crippen LogP contribution in [0.4, 0.5) is 4.39 Å². The molecule has 22 heavy (non-hydrogen) atoms. The summed E-state index contributed by atoms with van der Waals surface area (Å²) in [5.41, 5.74) is 1.49. The molecule has 2 rings (SSSR count). The van der Waals surface area contributed by atoms with E-state index in [0.29, 0.717) is 5.56 Å². The molecule has 2 aromatic rings. The molecule has 1 amide bonds. The number of aliphatic hydroxyl groups excluding tert-OH is 1. The van der Waals surface area contributed by atoms with Crippen LogP contribution in [0.3, 0.4) is 0 Å². The summed E-state index contributed by atoms with van der Waals surface area (Å²) in [4.78, 5) is 12.1. The monoisotopic (exact) mass is 303 g/mol. The number of aliphatic hydroxyl groups is 1. The van der Waals surface area contributed by atoms with Crippen LogP contribution in [0.1, 0.15) is 34.5 Å². The number of aromatic hydroxyl groups is 1. The molecule has 0 spiro atoms. The van der Waals surface area contributed by atoms with E-state index in [0.717, 1.165) is 5.56 Å². The molecule has 0 heterocycles. The molecule has 2 aromatic carbocycles. The summed E-state index contributed by atoms with van der Waals surface area (Å²) in [6.07, 6.45) is -0.975. The number of aryl methyl sites for hydroxylation is 1. The maximum atomic E-state index is 12.9. The topological polar surface area (TPSA) is 69.6 Å². The molecule has 0 aliphatic heterocycles. The van der Waals surface area contributed by atoms with Gasteiger partial charge in [0.15, 0.2) is 0 Å². The van der Waals surface area contributed by atoms with E-state index in [1.54, 1.807) is 13.0 Å². The first kappa shape index (κ1) is 16.0. The SMILES string of the molecule is Cc1ccc(C(=O)NC(C)C(O)c2ccc(F)cc2)c(O)c1. The lowest BCUT2D eigenvalue weighted by molar-refractivity contribution is 0.0849. The molecular weight excluding hydrogens is 285 g/mol. The van der Waals surface area contributed by atoms with Crippen LogP contribution in [0.25, 0.3) is 0 Å². The zero-order chi connectivity index (χ0) is 16.3. The molecule has 0 fully saturated rings. The van der Waals surface area contributed by atoms with Gasteiger partial charge in [0.05, 0.1) is 17.7 Å². The number of phenolic OH excluding ortho intramolecular Hbond substituents is 1. The molecule has 0 bridgehead atoms. The minimum atomic E-state index is -0.975. The molecule has 5 heteroatoms. The summed E-state index contributed by atoms with van der Waals surface area (Å²) in [5.74, 6) is -0.982. The van der Waals surface area contributed by atoms with Crippen molar-refractivity contribution in [2.24, 2.45) is 0 Å². The molecule has 2 unspecified atom stereocenters. The Bertz CT molecular complexity index is 670. The van der Waals surface area contributed by atoms with Gasteiger partial charge in [0.2, 0.25) is 0 Å². The molecule has 0 saturated carbocycles. The normalized spacial score (nSPS) is 13.5. The van der Waals surface area contributed by atoms with Gasteiger partial charge in [-0.15, -0.1) is 0 Å². The molecule has 0 aromatic heterocycles. The lowest BCUT2D eigenvalue weighted by atomic mass is 10.0. The van der Waals surface area contributed by atoms with E-state index < -0.39 is 23.9 Å². The molecule has 0 saturated heterocycles. The quantitative estimate of drug-likeness (QED) is 0.813. The lowest BCUT2D eigenvalue weighted by Gasteiger charge is -2.21. The molecule has 2 atom stereocenters. The summed E-state index contributed by atoms with van der Waals surface area (Å²) in [5, 5.41) is 22.6. The molecular formula is C17H18FNO3. The Morgan fingerprint density at radius 1 is 1.18 bits per heavy atom. The third-order valence-electron chi connectivity index (χ3n) is 3.44. The van der Waals surface area contributed by atoms with Crippen molar-refractivity contribution in [3.63, 3.8) is 0 Å². The van der Waals surface area contributed by atoms with Gasteiger partial charge in [-0.2, -0.15) is 0 Å². The second-order valence-corrected chi connectivity index (χ2v) is 5.28. The maximum absolute atomic E-state index is 12.9. The lowest BCUT2D eigenvalue weighted by Crippen LogP contribution is -2.37. The van der Waals surface area contributed by atoms with Gasteiger partial charge >= 0.3 is 0 Å². The largest absolute Gasteiger partial charge is 0.507 e. The Hall–Kier alpha value is -2.40. The molecule has 4 nitrogen and oxygen atoms in total. The third-order valence-corrected chi connectivity index (χ3v) is 3.44. The van der Waals surface area contributed by atoms with Crippen LogP contribution in [0, 0.1) is 12.7 Å². The van der Waals surface area contributed by atoms with Crippen LogP contribution in [0.15, 0.2) is 42.5 Å². The summed E-state index contributed by atoms with van der Waals surface area (Å²) in [7, 11) is 0.